The van der Waals surface area contributed by atoms with E-state index in [9.17, 15) is 0 Å². The average molecular weight is 381 g/mol. The smallest absolute Gasteiger partial charge is 0.0655 e. The van der Waals surface area contributed by atoms with Gasteiger partial charge in [0.05, 0.1) is 10.0 Å². The first-order valence-electron chi connectivity index (χ1n) is 6.23. The molecule has 0 radical (unpaired) electrons. The van der Waals surface area contributed by atoms with Crippen LogP contribution in [0.25, 0.3) is 0 Å². The fourth-order valence-corrected chi connectivity index (χ4v) is 3.27. The van der Waals surface area contributed by atoms with Gasteiger partial charge in [-0.25, -0.2) is 0 Å². The fraction of sp³-hybridized carbons (Fsp3) is 0.538. The number of rotatable bonds is 3. The zero-order valence-corrected chi connectivity index (χ0v) is 15.1. The van der Waals surface area contributed by atoms with Crippen molar-refractivity contribution >= 4 is 59.6 Å². The van der Waals surface area contributed by atoms with Crippen molar-refractivity contribution in [1.82, 2.24) is 10.2 Å². The Hall–Kier alpha value is 0.590. The molecule has 0 aliphatic carbocycles. The van der Waals surface area contributed by atoms with E-state index >= 15 is 0 Å². The maximum atomic E-state index is 6.33. The number of piperazine rings is 1. The minimum absolute atomic E-state index is 0. The quantitative estimate of drug-likeness (QED) is 0.755. The monoisotopic (exact) mass is 378 g/mol. The van der Waals surface area contributed by atoms with Crippen molar-refractivity contribution < 1.29 is 0 Å². The van der Waals surface area contributed by atoms with Crippen LogP contribution in [0, 0.1) is 0 Å². The van der Waals surface area contributed by atoms with E-state index in [0.29, 0.717) is 15.1 Å². The lowest BCUT2D eigenvalue weighted by atomic mass is 10.0. The van der Waals surface area contributed by atoms with E-state index in [1.807, 2.05) is 6.07 Å². The predicted octanol–water partition coefficient (Wildman–Crippen LogP) is 4.85. The Labute approximate surface area is 148 Å². The van der Waals surface area contributed by atoms with Crippen LogP contribution in [0.1, 0.15) is 24.9 Å². The van der Waals surface area contributed by atoms with E-state index in [1.165, 1.54) is 0 Å². The topological polar surface area (TPSA) is 15.3 Å². The van der Waals surface area contributed by atoms with Crippen molar-refractivity contribution in [2.24, 2.45) is 0 Å². The molecule has 1 aliphatic rings. The van der Waals surface area contributed by atoms with Crippen LogP contribution in [0.5, 0.6) is 0 Å². The highest BCUT2D eigenvalue weighted by atomic mass is 35.5. The summed E-state index contributed by atoms with van der Waals surface area (Å²) in [6.45, 7) is 6.19. The summed E-state index contributed by atoms with van der Waals surface area (Å²) >= 11 is 18.7. The maximum Gasteiger partial charge on any atom is 0.0655 e. The molecule has 0 amide bonds. The molecule has 0 bridgehead atoms. The van der Waals surface area contributed by atoms with Gasteiger partial charge in [0.15, 0.2) is 0 Å². The molecule has 0 spiro atoms. The molecule has 0 saturated carbocycles. The van der Waals surface area contributed by atoms with Crippen LogP contribution < -0.4 is 5.32 Å². The third kappa shape index (κ3) is 4.54. The summed E-state index contributed by atoms with van der Waals surface area (Å²) in [6.07, 6.45) is 0.972. The first-order chi connectivity index (χ1) is 8.65. The molecule has 116 valence electrons. The van der Waals surface area contributed by atoms with Gasteiger partial charge in [0.1, 0.15) is 0 Å². The number of halogens is 5. The van der Waals surface area contributed by atoms with Crippen molar-refractivity contribution in [2.45, 2.75) is 19.4 Å². The Morgan fingerprint density at radius 1 is 1.10 bits per heavy atom. The van der Waals surface area contributed by atoms with Crippen LogP contribution in [0.15, 0.2) is 12.1 Å². The highest BCUT2D eigenvalue weighted by Gasteiger charge is 2.25. The minimum atomic E-state index is 0. The zero-order chi connectivity index (χ0) is 13.1. The van der Waals surface area contributed by atoms with Crippen LogP contribution in [-0.4, -0.2) is 31.1 Å². The molecule has 2 rings (SSSR count). The number of benzene rings is 1. The summed E-state index contributed by atoms with van der Waals surface area (Å²) in [4.78, 5) is 2.42. The molecular weight excluding hydrogens is 361 g/mol. The molecule has 2 nitrogen and oxygen atoms in total. The predicted molar refractivity (Wildman–Crippen MR) is 93.4 cm³/mol. The van der Waals surface area contributed by atoms with Gasteiger partial charge in [0.25, 0.3) is 0 Å². The van der Waals surface area contributed by atoms with Gasteiger partial charge in [0, 0.05) is 42.8 Å². The molecule has 1 aromatic rings. The lowest BCUT2D eigenvalue weighted by Crippen LogP contribution is -2.45. The average Bonchev–Trinajstić information content (AvgIpc) is 2.40. The lowest BCUT2D eigenvalue weighted by Gasteiger charge is -2.35. The summed E-state index contributed by atoms with van der Waals surface area (Å²) in [6, 6.07) is 3.82. The van der Waals surface area contributed by atoms with Crippen LogP contribution in [-0.2, 0) is 0 Å². The maximum absolute atomic E-state index is 6.33. The van der Waals surface area contributed by atoms with Crippen LogP contribution in [0.3, 0.4) is 0 Å². The van der Waals surface area contributed by atoms with E-state index < -0.39 is 0 Å². The second-order valence-corrected chi connectivity index (χ2v) is 5.66. The van der Waals surface area contributed by atoms with Gasteiger partial charge in [-0.15, -0.1) is 24.8 Å². The van der Waals surface area contributed by atoms with Crippen molar-refractivity contribution in [3.63, 3.8) is 0 Å². The third-order valence-corrected chi connectivity index (χ3v) is 4.54. The standard InChI is InChI=1S/C13H17Cl3N2.2ClH/c1-2-11(18-7-5-17-6-8-18)12-9(14)3-4-10(15)13(12)16;;/h3-4,11,17H,2,5-8H2,1H3;2*1H/t11-;;/m1../s1. The molecule has 0 unspecified atom stereocenters. The van der Waals surface area contributed by atoms with Crippen molar-refractivity contribution in [2.75, 3.05) is 26.2 Å². The highest BCUT2D eigenvalue weighted by Crippen LogP contribution is 2.39. The Balaban J connectivity index is 0.00000180. The molecule has 20 heavy (non-hydrogen) atoms. The van der Waals surface area contributed by atoms with Crippen LogP contribution >= 0.6 is 59.6 Å². The minimum Gasteiger partial charge on any atom is -0.314 e. The van der Waals surface area contributed by atoms with E-state index in [0.717, 1.165) is 38.2 Å². The van der Waals surface area contributed by atoms with E-state index in [-0.39, 0.29) is 30.9 Å². The molecule has 1 N–H and O–H groups in total. The van der Waals surface area contributed by atoms with E-state index in [4.69, 9.17) is 34.8 Å². The molecular formula is C13H19Cl5N2. The van der Waals surface area contributed by atoms with Gasteiger partial charge in [-0.1, -0.05) is 41.7 Å². The largest absolute Gasteiger partial charge is 0.314 e. The van der Waals surface area contributed by atoms with Crippen molar-refractivity contribution in [1.29, 1.82) is 0 Å². The van der Waals surface area contributed by atoms with Crippen LogP contribution in [0.2, 0.25) is 15.1 Å². The molecule has 1 atom stereocenters. The molecule has 1 fully saturated rings. The fourth-order valence-electron chi connectivity index (χ4n) is 2.49. The number of hydrogen-bond acceptors (Lipinski definition) is 2. The van der Waals surface area contributed by atoms with Gasteiger partial charge in [-0.3, -0.25) is 4.90 Å². The highest BCUT2D eigenvalue weighted by molar-refractivity contribution is 6.44. The Morgan fingerprint density at radius 2 is 1.65 bits per heavy atom. The normalized spacial score (nSPS) is 17.0. The first kappa shape index (κ1) is 20.6. The molecule has 1 heterocycles. The van der Waals surface area contributed by atoms with Crippen molar-refractivity contribution in [3.8, 4) is 0 Å². The van der Waals surface area contributed by atoms with Gasteiger partial charge >= 0.3 is 0 Å². The van der Waals surface area contributed by atoms with Gasteiger partial charge in [-0.2, -0.15) is 0 Å². The Morgan fingerprint density at radius 3 is 2.20 bits per heavy atom. The van der Waals surface area contributed by atoms with Crippen molar-refractivity contribution in [3.05, 3.63) is 32.8 Å². The number of hydrogen-bond donors (Lipinski definition) is 1. The SMILES string of the molecule is CC[C@H](c1c(Cl)ccc(Cl)c1Cl)N1CCNCC1.Cl.Cl. The summed E-state index contributed by atoms with van der Waals surface area (Å²) in [5.74, 6) is 0. The summed E-state index contributed by atoms with van der Waals surface area (Å²) in [7, 11) is 0. The second-order valence-electron chi connectivity index (χ2n) is 4.47. The Kier molecular flexibility index (Phi) is 9.86. The molecule has 0 aromatic heterocycles. The van der Waals surface area contributed by atoms with Gasteiger partial charge in [0.2, 0.25) is 0 Å². The lowest BCUT2D eigenvalue weighted by molar-refractivity contribution is 0.169. The van der Waals surface area contributed by atoms with E-state index in [2.05, 4.69) is 17.1 Å². The van der Waals surface area contributed by atoms with Gasteiger partial charge < -0.3 is 5.32 Å². The Bertz CT molecular complexity index is 421. The number of nitrogens with zero attached hydrogens (tertiary/aromatic N) is 1. The zero-order valence-electron chi connectivity index (χ0n) is 11.2. The molecule has 1 aliphatic heterocycles. The third-order valence-electron chi connectivity index (χ3n) is 3.39. The van der Waals surface area contributed by atoms with Crippen LogP contribution in [0.4, 0.5) is 0 Å². The molecule has 1 aromatic carbocycles. The second kappa shape index (κ2) is 9.58. The van der Waals surface area contributed by atoms with Gasteiger partial charge in [-0.05, 0) is 18.6 Å². The first-order valence-corrected chi connectivity index (χ1v) is 7.36. The number of nitrogens with one attached hydrogen (secondary N) is 1. The van der Waals surface area contributed by atoms with E-state index in [1.54, 1.807) is 6.07 Å². The summed E-state index contributed by atoms with van der Waals surface area (Å²) < 4.78 is 0. The summed E-state index contributed by atoms with van der Waals surface area (Å²) in [5, 5.41) is 5.22. The molecule has 7 heteroatoms. The molecule has 1 saturated heterocycles. The summed E-state index contributed by atoms with van der Waals surface area (Å²) in [5.41, 5.74) is 0.968.